The minimum atomic E-state index is 0.814. The summed E-state index contributed by atoms with van der Waals surface area (Å²) in [5, 5.41) is 3.52. The van der Waals surface area contributed by atoms with Crippen molar-refractivity contribution in [2.45, 2.75) is 0 Å². The van der Waals surface area contributed by atoms with Crippen molar-refractivity contribution in [2.24, 2.45) is 0 Å². The van der Waals surface area contributed by atoms with E-state index in [1.807, 2.05) is 36.4 Å². The third kappa shape index (κ3) is 3.11. The van der Waals surface area contributed by atoms with Gasteiger partial charge >= 0.3 is 0 Å². The van der Waals surface area contributed by atoms with E-state index in [1.54, 1.807) is 0 Å². The fourth-order valence-electron chi connectivity index (χ4n) is 7.11. The molecular formula is C40H23N3O. The molecule has 6 aromatic carbocycles. The molecule has 44 heavy (non-hydrogen) atoms. The van der Waals surface area contributed by atoms with Crippen LogP contribution >= 0.6 is 0 Å². The number of rotatable bonds is 3. The first-order valence-electron chi connectivity index (χ1n) is 14.9. The first-order chi connectivity index (χ1) is 21.8. The van der Waals surface area contributed by atoms with E-state index < -0.39 is 0 Å². The highest BCUT2D eigenvalue weighted by molar-refractivity contribution is 6.31. The average molecular weight is 562 g/mol. The number of aromatic nitrogens is 3. The SMILES string of the molecule is c1ccc(-c2nc3ccccc3nc2-n2c3cccc4c3c3c5c(c(-c6ccccc6)oc5ccc32)-c2ccccc2-4)cc1. The summed E-state index contributed by atoms with van der Waals surface area (Å²) < 4.78 is 9.06. The molecular weight excluding hydrogens is 538 g/mol. The quantitative estimate of drug-likeness (QED) is 0.216. The summed E-state index contributed by atoms with van der Waals surface area (Å²) in [6.07, 6.45) is 0. The van der Waals surface area contributed by atoms with Crippen molar-refractivity contribution in [1.29, 1.82) is 0 Å². The van der Waals surface area contributed by atoms with Crippen LogP contribution in [0.2, 0.25) is 0 Å². The summed E-state index contributed by atoms with van der Waals surface area (Å²) in [5.41, 5.74) is 12.5. The maximum Gasteiger partial charge on any atom is 0.165 e. The van der Waals surface area contributed by atoms with Crippen LogP contribution in [0.5, 0.6) is 0 Å². The second kappa shape index (κ2) is 8.76. The number of nitrogens with zero attached hydrogens (tertiary/aromatic N) is 3. The lowest BCUT2D eigenvalue weighted by Gasteiger charge is -2.15. The standard InChI is InChI=1S/C40H23N3O/c1-3-12-24(13-4-1)38-40(42-30-20-10-9-19-29(30)41-38)43-31-21-11-18-27-26-16-7-8-17-28(26)35-37-33(23-22-32(43)36(37)34(27)31)44-39(35)25-14-5-2-6-15-25/h1-23H. The Hall–Kier alpha value is -6.00. The molecule has 1 aliphatic carbocycles. The zero-order chi connectivity index (χ0) is 28.8. The lowest BCUT2D eigenvalue weighted by atomic mass is 9.93. The number of hydrogen-bond donors (Lipinski definition) is 0. The zero-order valence-electron chi connectivity index (χ0n) is 23.5. The molecule has 1 aliphatic rings. The Morgan fingerprint density at radius 2 is 1.09 bits per heavy atom. The second-order valence-corrected chi connectivity index (χ2v) is 11.3. The van der Waals surface area contributed by atoms with Gasteiger partial charge in [-0.1, -0.05) is 109 Å². The van der Waals surface area contributed by atoms with E-state index in [0.29, 0.717) is 0 Å². The van der Waals surface area contributed by atoms with Gasteiger partial charge in [-0.15, -0.1) is 0 Å². The van der Waals surface area contributed by atoms with E-state index in [2.05, 4.69) is 108 Å². The van der Waals surface area contributed by atoms with Crippen LogP contribution < -0.4 is 0 Å². The van der Waals surface area contributed by atoms with Gasteiger partial charge in [-0.25, -0.2) is 9.97 Å². The van der Waals surface area contributed by atoms with E-state index >= 15 is 0 Å². The van der Waals surface area contributed by atoms with Crippen LogP contribution in [0.25, 0.3) is 94.5 Å². The maximum atomic E-state index is 6.75. The minimum absolute atomic E-state index is 0.814. The number of furan rings is 1. The van der Waals surface area contributed by atoms with Crippen LogP contribution in [0.1, 0.15) is 0 Å². The molecule has 4 nitrogen and oxygen atoms in total. The van der Waals surface area contributed by atoms with Gasteiger partial charge in [-0.3, -0.25) is 4.57 Å². The van der Waals surface area contributed by atoms with Gasteiger partial charge in [0.25, 0.3) is 0 Å². The lowest BCUT2D eigenvalue weighted by Crippen LogP contribution is -2.03. The summed E-state index contributed by atoms with van der Waals surface area (Å²) in [7, 11) is 0. The summed E-state index contributed by atoms with van der Waals surface area (Å²) in [4.78, 5) is 10.5. The Balaban J connectivity index is 1.42. The van der Waals surface area contributed by atoms with E-state index in [-0.39, 0.29) is 0 Å². The Bertz CT molecular complexity index is 2590. The van der Waals surface area contributed by atoms with Gasteiger partial charge in [0.1, 0.15) is 17.0 Å². The predicted octanol–water partition coefficient (Wildman–Crippen LogP) is 10.5. The summed E-state index contributed by atoms with van der Waals surface area (Å²) in [5.74, 6) is 1.71. The molecule has 0 unspecified atom stereocenters. The maximum absolute atomic E-state index is 6.75. The van der Waals surface area contributed by atoms with Crippen LogP contribution in [-0.2, 0) is 0 Å². The van der Waals surface area contributed by atoms with Crippen molar-refractivity contribution in [3.63, 3.8) is 0 Å². The molecule has 0 aliphatic heterocycles. The number of fused-ring (bicyclic) bond motifs is 4. The molecule has 0 saturated heterocycles. The normalized spacial score (nSPS) is 12.1. The van der Waals surface area contributed by atoms with Gasteiger partial charge in [0.2, 0.25) is 0 Å². The fourth-order valence-corrected chi connectivity index (χ4v) is 7.11. The van der Waals surface area contributed by atoms with Crippen molar-refractivity contribution < 1.29 is 4.42 Å². The number of para-hydroxylation sites is 2. The molecule has 0 fully saturated rings. The first kappa shape index (κ1) is 23.6. The van der Waals surface area contributed by atoms with Crippen molar-refractivity contribution in [2.75, 3.05) is 0 Å². The van der Waals surface area contributed by atoms with Crippen molar-refractivity contribution in [1.82, 2.24) is 14.5 Å². The molecule has 3 aromatic heterocycles. The molecule has 204 valence electrons. The van der Waals surface area contributed by atoms with Crippen molar-refractivity contribution in [3.8, 4) is 50.7 Å². The topological polar surface area (TPSA) is 43.9 Å². The second-order valence-electron chi connectivity index (χ2n) is 11.3. The van der Waals surface area contributed by atoms with E-state index in [9.17, 15) is 0 Å². The van der Waals surface area contributed by atoms with Gasteiger partial charge < -0.3 is 4.42 Å². The van der Waals surface area contributed by atoms with Gasteiger partial charge in [0.05, 0.1) is 22.1 Å². The molecule has 0 bridgehead atoms. The molecule has 0 radical (unpaired) electrons. The number of hydrogen-bond acceptors (Lipinski definition) is 3. The van der Waals surface area contributed by atoms with Crippen LogP contribution in [0.4, 0.5) is 0 Å². The highest BCUT2D eigenvalue weighted by Gasteiger charge is 2.30. The zero-order valence-corrected chi connectivity index (χ0v) is 23.5. The number of benzene rings is 6. The van der Waals surface area contributed by atoms with E-state index in [0.717, 1.165) is 67.0 Å². The van der Waals surface area contributed by atoms with Crippen LogP contribution in [0.3, 0.4) is 0 Å². The molecule has 0 saturated carbocycles. The molecule has 9 aromatic rings. The third-order valence-corrected chi connectivity index (χ3v) is 8.94. The first-order valence-corrected chi connectivity index (χ1v) is 14.9. The smallest absolute Gasteiger partial charge is 0.165 e. The molecule has 0 spiro atoms. The predicted molar refractivity (Wildman–Crippen MR) is 179 cm³/mol. The molecule has 0 amide bonds. The fraction of sp³-hybridized carbons (Fsp3) is 0. The van der Waals surface area contributed by atoms with Gasteiger partial charge in [0.15, 0.2) is 5.82 Å². The van der Waals surface area contributed by atoms with Gasteiger partial charge in [-0.2, -0.15) is 0 Å². The molecule has 0 N–H and O–H groups in total. The van der Waals surface area contributed by atoms with E-state index in [1.165, 1.54) is 27.5 Å². The lowest BCUT2D eigenvalue weighted by molar-refractivity contribution is 0.632. The Morgan fingerprint density at radius 3 is 1.89 bits per heavy atom. The highest BCUT2D eigenvalue weighted by Crippen LogP contribution is 2.53. The molecule has 10 rings (SSSR count). The minimum Gasteiger partial charge on any atom is -0.455 e. The average Bonchev–Trinajstić information content (AvgIpc) is 3.60. The largest absolute Gasteiger partial charge is 0.455 e. The molecule has 4 heteroatoms. The van der Waals surface area contributed by atoms with Crippen LogP contribution in [0, 0.1) is 0 Å². The third-order valence-electron chi connectivity index (χ3n) is 8.94. The summed E-state index contributed by atoms with van der Waals surface area (Å²) >= 11 is 0. The van der Waals surface area contributed by atoms with Crippen LogP contribution in [-0.4, -0.2) is 14.5 Å². The summed E-state index contributed by atoms with van der Waals surface area (Å²) in [6, 6.07) is 48.6. The Kier molecular flexibility index (Phi) is 4.69. The van der Waals surface area contributed by atoms with Crippen LogP contribution in [0.15, 0.2) is 144 Å². The Labute approximate surface area is 252 Å². The highest BCUT2D eigenvalue weighted by atomic mass is 16.3. The Morgan fingerprint density at radius 1 is 0.455 bits per heavy atom. The monoisotopic (exact) mass is 561 g/mol. The van der Waals surface area contributed by atoms with Gasteiger partial charge in [-0.05, 0) is 47.0 Å². The molecule has 0 atom stereocenters. The van der Waals surface area contributed by atoms with E-state index in [4.69, 9.17) is 14.4 Å². The van der Waals surface area contributed by atoms with Crippen molar-refractivity contribution in [3.05, 3.63) is 140 Å². The summed E-state index contributed by atoms with van der Waals surface area (Å²) in [6.45, 7) is 0. The van der Waals surface area contributed by atoms with Gasteiger partial charge in [0, 0.05) is 32.8 Å². The van der Waals surface area contributed by atoms with Crippen molar-refractivity contribution >= 4 is 43.8 Å². The molecule has 3 heterocycles.